The van der Waals surface area contributed by atoms with Crippen LogP contribution in [-0.4, -0.2) is 61.6 Å². The van der Waals surface area contributed by atoms with Gasteiger partial charge in [-0.15, -0.1) is 0 Å². The minimum absolute atomic E-state index is 0.144. The highest BCUT2D eigenvalue weighted by Crippen LogP contribution is 2.31. The van der Waals surface area contributed by atoms with Crippen molar-refractivity contribution in [1.82, 2.24) is 9.80 Å². The number of rotatable bonds is 5. The molecule has 2 fully saturated rings. The van der Waals surface area contributed by atoms with E-state index in [0.717, 1.165) is 43.9 Å². The second kappa shape index (κ2) is 6.46. The SMILES string of the molecule is Cc1cscc1C(=O)N(CC1CC1)C[C@H]1CN(C)CCO1. The number of hydrogen-bond acceptors (Lipinski definition) is 4. The van der Waals surface area contributed by atoms with Crippen LogP contribution < -0.4 is 0 Å². The summed E-state index contributed by atoms with van der Waals surface area (Å²) in [5.41, 5.74) is 1.96. The second-order valence-corrected chi connectivity index (χ2v) is 7.12. The Morgan fingerprint density at radius 2 is 2.24 bits per heavy atom. The van der Waals surface area contributed by atoms with Crippen molar-refractivity contribution in [3.63, 3.8) is 0 Å². The van der Waals surface area contributed by atoms with E-state index in [0.29, 0.717) is 5.92 Å². The van der Waals surface area contributed by atoms with Gasteiger partial charge in [0.2, 0.25) is 0 Å². The van der Waals surface area contributed by atoms with E-state index in [9.17, 15) is 4.79 Å². The second-order valence-electron chi connectivity index (χ2n) is 6.38. The fourth-order valence-corrected chi connectivity index (χ4v) is 3.65. The molecule has 21 heavy (non-hydrogen) atoms. The zero-order valence-corrected chi connectivity index (χ0v) is 13.7. The summed E-state index contributed by atoms with van der Waals surface area (Å²) in [6.45, 7) is 6.29. The van der Waals surface area contributed by atoms with Crippen molar-refractivity contribution in [3.8, 4) is 0 Å². The van der Waals surface area contributed by atoms with Crippen LogP contribution in [0, 0.1) is 12.8 Å². The van der Waals surface area contributed by atoms with Crippen LogP contribution in [0.4, 0.5) is 0 Å². The third-order valence-electron chi connectivity index (χ3n) is 4.31. The molecule has 2 aliphatic rings. The van der Waals surface area contributed by atoms with Gasteiger partial charge in [0, 0.05) is 31.6 Å². The molecular formula is C16H24N2O2S. The Morgan fingerprint density at radius 1 is 1.43 bits per heavy atom. The molecule has 1 saturated carbocycles. The highest BCUT2D eigenvalue weighted by molar-refractivity contribution is 7.08. The molecule has 0 spiro atoms. The summed E-state index contributed by atoms with van der Waals surface area (Å²) in [5, 5.41) is 4.03. The van der Waals surface area contributed by atoms with E-state index in [1.165, 1.54) is 12.8 Å². The molecule has 1 atom stereocenters. The third kappa shape index (κ3) is 3.84. The molecule has 1 saturated heterocycles. The summed E-state index contributed by atoms with van der Waals surface area (Å²) in [6, 6.07) is 0. The maximum absolute atomic E-state index is 12.8. The first-order chi connectivity index (χ1) is 10.1. The van der Waals surface area contributed by atoms with E-state index < -0.39 is 0 Å². The van der Waals surface area contributed by atoms with Crippen LogP contribution in [0.5, 0.6) is 0 Å². The summed E-state index contributed by atoms with van der Waals surface area (Å²) in [5.74, 6) is 0.881. The lowest BCUT2D eigenvalue weighted by molar-refractivity contribution is -0.0331. The van der Waals surface area contributed by atoms with Crippen LogP contribution in [0.1, 0.15) is 28.8 Å². The average Bonchev–Trinajstić information content (AvgIpc) is 3.17. The predicted molar refractivity (Wildman–Crippen MR) is 84.9 cm³/mol. The number of aryl methyl sites for hydroxylation is 1. The molecule has 116 valence electrons. The van der Waals surface area contributed by atoms with E-state index >= 15 is 0 Å². The lowest BCUT2D eigenvalue weighted by Crippen LogP contribution is -2.48. The van der Waals surface area contributed by atoms with Crippen molar-refractivity contribution in [2.45, 2.75) is 25.9 Å². The Balaban J connectivity index is 1.68. The van der Waals surface area contributed by atoms with Crippen molar-refractivity contribution < 1.29 is 9.53 Å². The van der Waals surface area contributed by atoms with Gasteiger partial charge in [-0.05, 0) is 43.7 Å². The number of hydrogen-bond donors (Lipinski definition) is 0. The molecule has 0 N–H and O–H groups in total. The maximum atomic E-state index is 12.8. The third-order valence-corrected chi connectivity index (χ3v) is 5.18. The Kier molecular flexibility index (Phi) is 4.62. The van der Waals surface area contributed by atoms with Crippen LogP contribution >= 0.6 is 11.3 Å². The zero-order valence-electron chi connectivity index (χ0n) is 12.9. The number of nitrogens with zero attached hydrogens (tertiary/aromatic N) is 2. The molecule has 0 radical (unpaired) electrons. The fraction of sp³-hybridized carbons (Fsp3) is 0.688. The average molecular weight is 308 g/mol. The van der Waals surface area contributed by atoms with Gasteiger partial charge in [-0.25, -0.2) is 0 Å². The van der Waals surface area contributed by atoms with Crippen LogP contribution in [0.15, 0.2) is 10.8 Å². The van der Waals surface area contributed by atoms with Gasteiger partial charge in [0.05, 0.1) is 18.3 Å². The number of amides is 1. The number of carbonyl (C=O) groups is 1. The first kappa shape index (κ1) is 15.0. The highest BCUT2D eigenvalue weighted by atomic mass is 32.1. The summed E-state index contributed by atoms with van der Waals surface area (Å²) in [7, 11) is 2.12. The molecule has 2 heterocycles. The van der Waals surface area contributed by atoms with E-state index in [1.54, 1.807) is 11.3 Å². The summed E-state index contributed by atoms with van der Waals surface area (Å²) in [4.78, 5) is 17.1. The van der Waals surface area contributed by atoms with Gasteiger partial charge in [0.15, 0.2) is 0 Å². The minimum atomic E-state index is 0.144. The highest BCUT2D eigenvalue weighted by Gasteiger charge is 2.30. The van der Waals surface area contributed by atoms with Crippen molar-refractivity contribution in [2.24, 2.45) is 5.92 Å². The monoisotopic (exact) mass is 308 g/mol. The molecule has 1 aliphatic heterocycles. The quantitative estimate of drug-likeness (QED) is 0.836. The van der Waals surface area contributed by atoms with Gasteiger partial charge in [-0.2, -0.15) is 11.3 Å². The minimum Gasteiger partial charge on any atom is -0.374 e. The molecule has 1 aliphatic carbocycles. The lowest BCUT2D eigenvalue weighted by atomic mass is 10.1. The lowest BCUT2D eigenvalue weighted by Gasteiger charge is -2.34. The number of carbonyl (C=O) groups excluding carboxylic acids is 1. The largest absolute Gasteiger partial charge is 0.374 e. The van der Waals surface area contributed by atoms with Gasteiger partial charge in [0.25, 0.3) is 5.91 Å². The summed E-state index contributed by atoms with van der Waals surface area (Å²) >= 11 is 1.61. The molecule has 4 nitrogen and oxygen atoms in total. The van der Waals surface area contributed by atoms with Gasteiger partial charge in [-0.1, -0.05) is 0 Å². The van der Waals surface area contributed by atoms with Crippen LogP contribution in [-0.2, 0) is 4.74 Å². The molecule has 5 heteroatoms. The molecule has 3 rings (SSSR count). The first-order valence-corrected chi connectivity index (χ1v) is 8.70. The van der Waals surface area contributed by atoms with E-state index in [1.807, 2.05) is 22.6 Å². The van der Waals surface area contributed by atoms with Crippen molar-refractivity contribution in [1.29, 1.82) is 0 Å². The number of ether oxygens (including phenoxy) is 1. The summed E-state index contributed by atoms with van der Waals surface area (Å²) in [6.07, 6.45) is 2.67. The first-order valence-electron chi connectivity index (χ1n) is 7.75. The molecular weight excluding hydrogens is 284 g/mol. The molecule has 1 aromatic rings. The fourth-order valence-electron chi connectivity index (χ4n) is 2.83. The molecule has 0 bridgehead atoms. The van der Waals surface area contributed by atoms with E-state index in [-0.39, 0.29) is 12.0 Å². The Hall–Kier alpha value is -0.910. The van der Waals surface area contributed by atoms with Gasteiger partial charge >= 0.3 is 0 Å². The molecule has 1 amide bonds. The Morgan fingerprint density at radius 3 is 2.86 bits per heavy atom. The molecule has 0 aromatic carbocycles. The number of thiophene rings is 1. The van der Waals surface area contributed by atoms with E-state index in [4.69, 9.17) is 4.74 Å². The van der Waals surface area contributed by atoms with Crippen molar-refractivity contribution >= 4 is 17.2 Å². The van der Waals surface area contributed by atoms with Gasteiger partial charge in [0.1, 0.15) is 0 Å². The van der Waals surface area contributed by atoms with Crippen LogP contribution in [0.3, 0.4) is 0 Å². The van der Waals surface area contributed by atoms with E-state index in [2.05, 4.69) is 11.9 Å². The van der Waals surface area contributed by atoms with Gasteiger partial charge < -0.3 is 14.5 Å². The normalized spacial score (nSPS) is 23.2. The Bertz CT molecular complexity index is 498. The van der Waals surface area contributed by atoms with Crippen molar-refractivity contribution in [2.75, 3.05) is 39.8 Å². The standard InChI is InChI=1S/C16H24N2O2S/c1-12-10-21-11-15(12)16(19)18(7-13-3-4-13)9-14-8-17(2)5-6-20-14/h10-11,13-14H,3-9H2,1-2H3/t14-/m1/s1. The Labute approximate surface area is 130 Å². The van der Waals surface area contributed by atoms with Crippen LogP contribution in [0.25, 0.3) is 0 Å². The number of morpholine rings is 1. The molecule has 0 unspecified atom stereocenters. The topological polar surface area (TPSA) is 32.8 Å². The summed E-state index contributed by atoms with van der Waals surface area (Å²) < 4.78 is 5.85. The zero-order chi connectivity index (χ0) is 14.8. The van der Waals surface area contributed by atoms with Crippen LogP contribution in [0.2, 0.25) is 0 Å². The predicted octanol–water partition coefficient (Wildman–Crippen LogP) is 2.24. The maximum Gasteiger partial charge on any atom is 0.255 e. The van der Waals surface area contributed by atoms with Crippen molar-refractivity contribution in [3.05, 3.63) is 21.9 Å². The number of likely N-dealkylation sites (N-methyl/N-ethyl adjacent to an activating group) is 1. The smallest absolute Gasteiger partial charge is 0.255 e. The molecule has 1 aromatic heterocycles. The van der Waals surface area contributed by atoms with Gasteiger partial charge in [-0.3, -0.25) is 4.79 Å².